The van der Waals surface area contributed by atoms with Crippen LogP contribution in [-0.2, 0) is 6.54 Å². The normalized spacial score (nSPS) is 10.4. The third-order valence-corrected chi connectivity index (χ3v) is 3.10. The molecule has 1 aromatic carbocycles. The molecular weight excluding hydrogens is 237 g/mol. The lowest BCUT2D eigenvalue weighted by molar-refractivity contribution is 0.312. The van der Waals surface area contributed by atoms with E-state index in [2.05, 4.69) is 16.8 Å². The minimum atomic E-state index is -0.269. The fourth-order valence-corrected chi connectivity index (χ4v) is 2.10. The van der Waals surface area contributed by atoms with Gasteiger partial charge in [-0.1, -0.05) is 12.1 Å². The minimum absolute atomic E-state index is 0.269. The van der Waals surface area contributed by atoms with E-state index in [4.69, 9.17) is 4.74 Å². The van der Waals surface area contributed by atoms with Gasteiger partial charge < -0.3 is 10.1 Å². The van der Waals surface area contributed by atoms with Crippen molar-refractivity contribution in [3.8, 4) is 5.75 Å². The zero-order valence-corrected chi connectivity index (χ0v) is 10.2. The summed E-state index contributed by atoms with van der Waals surface area (Å²) in [4.78, 5) is 1.30. The zero-order valence-electron chi connectivity index (χ0n) is 9.36. The van der Waals surface area contributed by atoms with Gasteiger partial charge in [-0.05, 0) is 23.6 Å². The Morgan fingerprint density at radius 3 is 2.94 bits per heavy atom. The van der Waals surface area contributed by atoms with Crippen LogP contribution in [0.25, 0.3) is 0 Å². The number of hydrogen-bond donors (Lipinski definition) is 1. The minimum Gasteiger partial charge on any atom is -0.492 e. The second-order valence-electron chi connectivity index (χ2n) is 3.56. The Hall–Kier alpha value is -1.39. The fourth-order valence-electron chi connectivity index (χ4n) is 1.42. The van der Waals surface area contributed by atoms with Gasteiger partial charge >= 0.3 is 0 Å². The number of thiophene rings is 1. The van der Waals surface area contributed by atoms with Gasteiger partial charge in [0.15, 0.2) is 0 Å². The molecule has 1 heterocycles. The molecule has 2 aromatic rings. The van der Waals surface area contributed by atoms with Crippen LogP contribution in [0.1, 0.15) is 4.88 Å². The van der Waals surface area contributed by atoms with Gasteiger partial charge in [-0.25, -0.2) is 4.39 Å². The Kier molecular flexibility index (Phi) is 4.53. The van der Waals surface area contributed by atoms with Gasteiger partial charge in [0.2, 0.25) is 0 Å². The third-order valence-electron chi connectivity index (χ3n) is 2.22. The van der Waals surface area contributed by atoms with E-state index in [1.807, 2.05) is 6.07 Å². The Labute approximate surface area is 104 Å². The number of ether oxygens (including phenoxy) is 1. The monoisotopic (exact) mass is 251 g/mol. The summed E-state index contributed by atoms with van der Waals surface area (Å²) in [6.07, 6.45) is 0. The predicted octanol–water partition coefficient (Wildman–Crippen LogP) is 3.06. The van der Waals surface area contributed by atoms with Gasteiger partial charge in [-0.3, -0.25) is 0 Å². The molecule has 0 amide bonds. The standard InChI is InChI=1S/C13H14FNOS/c14-11-3-1-4-12(9-11)16-7-6-15-10-13-5-2-8-17-13/h1-5,8-9,15H,6-7,10H2. The molecule has 0 aliphatic rings. The Morgan fingerprint density at radius 1 is 1.24 bits per heavy atom. The van der Waals surface area contributed by atoms with Crippen LogP contribution in [0, 0.1) is 5.82 Å². The maximum atomic E-state index is 12.8. The number of rotatable bonds is 6. The van der Waals surface area contributed by atoms with Crippen molar-refractivity contribution in [3.63, 3.8) is 0 Å². The lowest BCUT2D eigenvalue weighted by atomic mass is 10.3. The van der Waals surface area contributed by atoms with Crippen LogP contribution in [0.4, 0.5) is 4.39 Å². The first-order chi connectivity index (χ1) is 8.34. The molecule has 0 aliphatic heterocycles. The summed E-state index contributed by atoms with van der Waals surface area (Å²) in [5.41, 5.74) is 0. The molecule has 0 saturated heterocycles. The van der Waals surface area contributed by atoms with E-state index >= 15 is 0 Å². The van der Waals surface area contributed by atoms with E-state index in [0.29, 0.717) is 12.4 Å². The van der Waals surface area contributed by atoms with Crippen molar-refractivity contribution >= 4 is 11.3 Å². The molecule has 0 saturated carbocycles. The van der Waals surface area contributed by atoms with E-state index in [0.717, 1.165) is 13.1 Å². The van der Waals surface area contributed by atoms with Gasteiger partial charge in [-0.15, -0.1) is 11.3 Å². The molecule has 0 spiro atoms. The van der Waals surface area contributed by atoms with Crippen LogP contribution < -0.4 is 10.1 Å². The summed E-state index contributed by atoms with van der Waals surface area (Å²) in [5.74, 6) is 0.303. The quantitative estimate of drug-likeness (QED) is 0.797. The van der Waals surface area contributed by atoms with Crippen LogP contribution in [0.5, 0.6) is 5.75 Å². The molecule has 0 bridgehead atoms. The topological polar surface area (TPSA) is 21.3 Å². The van der Waals surface area contributed by atoms with E-state index in [1.54, 1.807) is 23.5 Å². The van der Waals surface area contributed by atoms with Crippen LogP contribution in [-0.4, -0.2) is 13.2 Å². The van der Waals surface area contributed by atoms with Crippen molar-refractivity contribution in [3.05, 3.63) is 52.5 Å². The molecule has 1 N–H and O–H groups in total. The summed E-state index contributed by atoms with van der Waals surface area (Å²) in [6, 6.07) is 10.3. The number of benzene rings is 1. The van der Waals surface area contributed by atoms with E-state index in [-0.39, 0.29) is 5.82 Å². The fraction of sp³-hybridized carbons (Fsp3) is 0.231. The number of nitrogens with one attached hydrogen (secondary N) is 1. The molecule has 0 unspecified atom stereocenters. The molecule has 0 atom stereocenters. The summed E-state index contributed by atoms with van der Waals surface area (Å²) >= 11 is 1.73. The lowest BCUT2D eigenvalue weighted by Crippen LogP contribution is -2.20. The highest BCUT2D eigenvalue weighted by molar-refractivity contribution is 7.09. The zero-order chi connectivity index (χ0) is 11.9. The SMILES string of the molecule is Fc1cccc(OCCNCc2cccs2)c1. The molecule has 0 aliphatic carbocycles. The smallest absolute Gasteiger partial charge is 0.126 e. The average molecular weight is 251 g/mol. The molecule has 90 valence electrons. The van der Waals surface area contributed by atoms with Crippen LogP contribution in [0.15, 0.2) is 41.8 Å². The molecule has 2 rings (SSSR count). The third kappa shape index (κ3) is 4.17. The van der Waals surface area contributed by atoms with Crippen molar-refractivity contribution in [2.45, 2.75) is 6.54 Å². The Bertz CT molecular complexity index is 444. The molecule has 2 nitrogen and oxygen atoms in total. The largest absolute Gasteiger partial charge is 0.492 e. The molecule has 1 aromatic heterocycles. The predicted molar refractivity (Wildman–Crippen MR) is 67.9 cm³/mol. The van der Waals surface area contributed by atoms with Gasteiger partial charge in [0.05, 0.1) is 0 Å². The van der Waals surface area contributed by atoms with Crippen molar-refractivity contribution < 1.29 is 9.13 Å². The molecular formula is C13H14FNOS. The molecule has 0 fully saturated rings. The number of hydrogen-bond acceptors (Lipinski definition) is 3. The maximum absolute atomic E-state index is 12.8. The average Bonchev–Trinajstić information content (AvgIpc) is 2.82. The van der Waals surface area contributed by atoms with Crippen LogP contribution >= 0.6 is 11.3 Å². The second kappa shape index (κ2) is 6.37. The second-order valence-corrected chi connectivity index (χ2v) is 4.59. The summed E-state index contributed by atoms with van der Waals surface area (Å²) in [6.45, 7) is 2.13. The highest BCUT2D eigenvalue weighted by atomic mass is 32.1. The van der Waals surface area contributed by atoms with Crippen molar-refractivity contribution in [1.29, 1.82) is 0 Å². The molecule has 4 heteroatoms. The van der Waals surface area contributed by atoms with Crippen molar-refractivity contribution in [1.82, 2.24) is 5.32 Å². The lowest BCUT2D eigenvalue weighted by Gasteiger charge is -2.06. The van der Waals surface area contributed by atoms with Crippen molar-refractivity contribution in [2.75, 3.05) is 13.2 Å². The highest BCUT2D eigenvalue weighted by Gasteiger charge is 1.96. The maximum Gasteiger partial charge on any atom is 0.126 e. The van der Waals surface area contributed by atoms with Gasteiger partial charge in [0, 0.05) is 24.0 Å². The van der Waals surface area contributed by atoms with E-state index in [1.165, 1.54) is 17.0 Å². The first kappa shape index (κ1) is 12.1. The number of halogens is 1. The van der Waals surface area contributed by atoms with E-state index < -0.39 is 0 Å². The Balaban J connectivity index is 1.63. The van der Waals surface area contributed by atoms with Gasteiger partial charge in [-0.2, -0.15) is 0 Å². The van der Waals surface area contributed by atoms with Gasteiger partial charge in [0.25, 0.3) is 0 Å². The van der Waals surface area contributed by atoms with Crippen LogP contribution in [0.2, 0.25) is 0 Å². The summed E-state index contributed by atoms with van der Waals surface area (Å²) < 4.78 is 18.2. The first-order valence-electron chi connectivity index (χ1n) is 5.46. The highest BCUT2D eigenvalue weighted by Crippen LogP contribution is 2.11. The van der Waals surface area contributed by atoms with Gasteiger partial charge in [0.1, 0.15) is 18.2 Å². The summed E-state index contributed by atoms with van der Waals surface area (Å²) in [5, 5.41) is 5.32. The van der Waals surface area contributed by atoms with E-state index in [9.17, 15) is 4.39 Å². The van der Waals surface area contributed by atoms with Crippen molar-refractivity contribution in [2.24, 2.45) is 0 Å². The molecule has 0 radical (unpaired) electrons. The molecule has 17 heavy (non-hydrogen) atoms. The summed E-state index contributed by atoms with van der Waals surface area (Å²) in [7, 11) is 0. The Morgan fingerprint density at radius 2 is 2.18 bits per heavy atom. The van der Waals surface area contributed by atoms with Crippen LogP contribution in [0.3, 0.4) is 0 Å². The first-order valence-corrected chi connectivity index (χ1v) is 6.34.